The molecular formula is C25H19FN6. The smallest absolute Gasteiger partial charge is 0.161 e. The van der Waals surface area contributed by atoms with Crippen LogP contribution in [0.5, 0.6) is 0 Å². The normalized spacial score (nSPS) is 12.2. The highest BCUT2D eigenvalue weighted by atomic mass is 19.1. The number of imidazole rings is 1. The zero-order valence-electron chi connectivity index (χ0n) is 17.3. The van der Waals surface area contributed by atoms with E-state index >= 15 is 0 Å². The molecule has 5 rings (SSSR count). The van der Waals surface area contributed by atoms with Gasteiger partial charge < -0.3 is 4.98 Å². The van der Waals surface area contributed by atoms with Gasteiger partial charge in [-0.3, -0.25) is 10.1 Å². The van der Waals surface area contributed by atoms with Crippen molar-refractivity contribution in [2.24, 2.45) is 4.99 Å². The number of nitrogens with one attached hydrogen (secondary N) is 2. The standard InChI is InChI=1S/C25H19FN6/c1-3-15(14-27-4-2)19-11-12-21-23(28-19)24(32-31-21)25-29-20-10-6-9-18(22(20)30-25)16-7-5-8-17(26)13-16/h3-14H,2H2,1H3,(H,29,30)(H,31,32)/b15-3+,27-14?. The van der Waals surface area contributed by atoms with E-state index in [1.807, 2.05) is 49.4 Å². The average molecular weight is 422 g/mol. The number of para-hydroxylation sites is 1. The third-order valence-corrected chi connectivity index (χ3v) is 5.21. The molecule has 0 aliphatic rings. The number of H-pyrrole nitrogens is 2. The van der Waals surface area contributed by atoms with E-state index in [2.05, 4.69) is 26.8 Å². The van der Waals surface area contributed by atoms with E-state index < -0.39 is 0 Å². The van der Waals surface area contributed by atoms with Crippen LogP contribution in [0.15, 0.2) is 78.4 Å². The number of allylic oxidation sites excluding steroid dienone is 2. The van der Waals surface area contributed by atoms with Crippen LogP contribution in [0.2, 0.25) is 0 Å². The Morgan fingerprint density at radius 1 is 1.03 bits per heavy atom. The second-order valence-corrected chi connectivity index (χ2v) is 7.17. The summed E-state index contributed by atoms with van der Waals surface area (Å²) < 4.78 is 13.8. The van der Waals surface area contributed by atoms with E-state index in [9.17, 15) is 4.39 Å². The molecule has 0 bridgehead atoms. The molecular weight excluding hydrogens is 403 g/mol. The van der Waals surface area contributed by atoms with Gasteiger partial charge in [-0.25, -0.2) is 14.4 Å². The molecule has 5 aromatic rings. The lowest BCUT2D eigenvalue weighted by Crippen LogP contribution is -1.92. The Kier molecular flexibility index (Phi) is 4.91. The lowest BCUT2D eigenvalue weighted by molar-refractivity contribution is 0.628. The predicted molar refractivity (Wildman–Crippen MR) is 127 cm³/mol. The topological polar surface area (TPSA) is 82.6 Å². The van der Waals surface area contributed by atoms with Gasteiger partial charge in [0.25, 0.3) is 0 Å². The monoisotopic (exact) mass is 422 g/mol. The van der Waals surface area contributed by atoms with Gasteiger partial charge in [0.1, 0.15) is 11.3 Å². The lowest BCUT2D eigenvalue weighted by atomic mass is 10.0. The first kappa shape index (κ1) is 19.6. The van der Waals surface area contributed by atoms with Gasteiger partial charge in [-0.15, -0.1) is 0 Å². The van der Waals surface area contributed by atoms with Gasteiger partial charge in [-0.1, -0.05) is 36.9 Å². The van der Waals surface area contributed by atoms with Crippen molar-refractivity contribution in [3.63, 3.8) is 0 Å². The molecule has 3 aromatic heterocycles. The number of fused-ring (bicyclic) bond motifs is 2. The molecule has 0 fully saturated rings. The van der Waals surface area contributed by atoms with Crippen molar-refractivity contribution in [2.45, 2.75) is 6.92 Å². The van der Waals surface area contributed by atoms with Gasteiger partial charge >= 0.3 is 0 Å². The average Bonchev–Trinajstić information content (AvgIpc) is 3.43. The fraction of sp³-hybridized carbons (Fsp3) is 0.0400. The van der Waals surface area contributed by atoms with Crippen molar-refractivity contribution in [1.29, 1.82) is 0 Å². The maximum Gasteiger partial charge on any atom is 0.161 e. The first-order valence-electron chi connectivity index (χ1n) is 10.1. The summed E-state index contributed by atoms with van der Waals surface area (Å²) in [7, 11) is 0. The molecule has 2 N–H and O–H groups in total. The van der Waals surface area contributed by atoms with E-state index in [4.69, 9.17) is 9.97 Å². The fourth-order valence-corrected chi connectivity index (χ4v) is 3.68. The molecule has 0 saturated carbocycles. The van der Waals surface area contributed by atoms with Gasteiger partial charge in [0.15, 0.2) is 11.5 Å². The molecule has 32 heavy (non-hydrogen) atoms. The Morgan fingerprint density at radius 2 is 1.91 bits per heavy atom. The van der Waals surface area contributed by atoms with E-state index in [1.54, 1.807) is 12.3 Å². The van der Waals surface area contributed by atoms with Crippen LogP contribution in [-0.2, 0) is 0 Å². The first-order valence-corrected chi connectivity index (χ1v) is 10.1. The number of benzene rings is 2. The molecule has 3 heterocycles. The van der Waals surface area contributed by atoms with Crippen molar-refractivity contribution < 1.29 is 4.39 Å². The molecule has 0 amide bonds. The number of aromatic amines is 2. The molecule has 0 aliphatic heterocycles. The lowest BCUT2D eigenvalue weighted by Gasteiger charge is -2.02. The molecule has 0 unspecified atom stereocenters. The zero-order chi connectivity index (χ0) is 22.1. The van der Waals surface area contributed by atoms with Crippen LogP contribution >= 0.6 is 0 Å². The number of nitrogens with zero attached hydrogens (tertiary/aromatic N) is 4. The van der Waals surface area contributed by atoms with Crippen LogP contribution in [0.3, 0.4) is 0 Å². The maximum absolute atomic E-state index is 13.8. The Hall–Kier alpha value is -4.39. The Balaban J connectivity index is 1.65. The summed E-state index contributed by atoms with van der Waals surface area (Å²) in [5.41, 5.74) is 6.93. The summed E-state index contributed by atoms with van der Waals surface area (Å²) in [6.45, 7) is 5.55. The number of aliphatic imine (C=N–C) groups is 1. The van der Waals surface area contributed by atoms with Gasteiger partial charge in [0.2, 0.25) is 0 Å². The van der Waals surface area contributed by atoms with Gasteiger partial charge in [0, 0.05) is 23.6 Å². The van der Waals surface area contributed by atoms with E-state index in [1.165, 1.54) is 18.3 Å². The fourth-order valence-electron chi connectivity index (χ4n) is 3.68. The second-order valence-electron chi connectivity index (χ2n) is 7.17. The second kappa shape index (κ2) is 8.03. The SMILES string of the molecule is C=CN=C/C(=C\C)c1ccc2[nH]nc(-c3nc4c(-c5cccc(F)c5)cccc4[nH]3)c2n1. The van der Waals surface area contributed by atoms with Crippen LogP contribution in [-0.4, -0.2) is 31.4 Å². The quantitative estimate of drug-likeness (QED) is 0.345. The van der Waals surface area contributed by atoms with Crippen LogP contribution < -0.4 is 0 Å². The highest BCUT2D eigenvalue weighted by molar-refractivity contribution is 6.09. The van der Waals surface area contributed by atoms with Crippen molar-refractivity contribution in [3.05, 3.63) is 85.0 Å². The first-order chi connectivity index (χ1) is 15.7. The van der Waals surface area contributed by atoms with Crippen LogP contribution in [0.25, 0.3) is 50.3 Å². The summed E-state index contributed by atoms with van der Waals surface area (Å²) in [6, 6.07) is 16.1. The summed E-state index contributed by atoms with van der Waals surface area (Å²) in [5.74, 6) is 0.298. The molecule has 156 valence electrons. The third kappa shape index (κ3) is 3.39. The molecule has 0 spiro atoms. The molecule has 7 heteroatoms. The summed E-state index contributed by atoms with van der Waals surface area (Å²) in [4.78, 5) is 17.0. The van der Waals surface area contributed by atoms with Crippen LogP contribution in [0.4, 0.5) is 4.39 Å². The highest BCUT2D eigenvalue weighted by Gasteiger charge is 2.17. The molecule has 2 aromatic carbocycles. The van der Waals surface area contributed by atoms with E-state index in [-0.39, 0.29) is 5.82 Å². The maximum atomic E-state index is 13.8. The van der Waals surface area contributed by atoms with Gasteiger partial charge in [-0.2, -0.15) is 5.10 Å². The van der Waals surface area contributed by atoms with E-state index in [0.29, 0.717) is 17.0 Å². The Labute approximate surface area is 183 Å². The van der Waals surface area contributed by atoms with Crippen molar-refractivity contribution >= 4 is 33.9 Å². The van der Waals surface area contributed by atoms with Gasteiger partial charge in [-0.05, 0) is 42.8 Å². The minimum Gasteiger partial charge on any atom is -0.336 e. The van der Waals surface area contributed by atoms with Crippen LogP contribution in [0, 0.1) is 5.82 Å². The van der Waals surface area contributed by atoms with E-state index in [0.717, 1.165) is 38.9 Å². The summed E-state index contributed by atoms with van der Waals surface area (Å²) >= 11 is 0. The summed E-state index contributed by atoms with van der Waals surface area (Å²) in [6.07, 6.45) is 5.14. The molecule has 0 atom stereocenters. The van der Waals surface area contributed by atoms with Crippen molar-refractivity contribution in [1.82, 2.24) is 25.1 Å². The number of hydrogen-bond acceptors (Lipinski definition) is 4. The zero-order valence-corrected chi connectivity index (χ0v) is 17.3. The van der Waals surface area contributed by atoms with Gasteiger partial charge in [0.05, 0.1) is 22.2 Å². The molecule has 0 saturated heterocycles. The predicted octanol–water partition coefficient (Wildman–Crippen LogP) is 5.92. The largest absolute Gasteiger partial charge is 0.336 e. The minimum atomic E-state index is -0.287. The number of pyridine rings is 1. The highest BCUT2D eigenvalue weighted by Crippen LogP contribution is 2.31. The van der Waals surface area contributed by atoms with Crippen LogP contribution in [0.1, 0.15) is 12.6 Å². The number of halogens is 1. The molecule has 0 aliphatic carbocycles. The Bertz CT molecular complexity index is 1520. The number of hydrogen-bond donors (Lipinski definition) is 2. The van der Waals surface area contributed by atoms with Crippen molar-refractivity contribution in [2.75, 3.05) is 0 Å². The number of aromatic nitrogens is 5. The Morgan fingerprint density at radius 3 is 2.72 bits per heavy atom. The van der Waals surface area contributed by atoms with Crippen molar-refractivity contribution in [3.8, 4) is 22.6 Å². The molecule has 6 nitrogen and oxygen atoms in total. The minimum absolute atomic E-state index is 0.287. The molecule has 0 radical (unpaired) electrons. The number of rotatable bonds is 5. The third-order valence-electron chi connectivity index (χ3n) is 5.21. The summed E-state index contributed by atoms with van der Waals surface area (Å²) in [5, 5.41) is 7.48.